The third-order valence-electron chi connectivity index (χ3n) is 13.9. The van der Waals surface area contributed by atoms with Crippen molar-refractivity contribution in [1.82, 2.24) is 0 Å². The van der Waals surface area contributed by atoms with Crippen LogP contribution in [0.3, 0.4) is 0 Å². The third-order valence-corrected chi connectivity index (χ3v) is 18.4. The fraction of sp³-hybridized carbons (Fsp3) is 0.643. The summed E-state index contributed by atoms with van der Waals surface area (Å²) in [6.45, 7) is 15.6. The van der Waals surface area contributed by atoms with Crippen molar-refractivity contribution in [3.8, 4) is 5.75 Å². The Morgan fingerprint density at radius 2 is 1.55 bits per heavy atom. The van der Waals surface area contributed by atoms with Gasteiger partial charge in [-0.15, -0.1) is 0 Å². The molecule has 4 fully saturated rings. The summed E-state index contributed by atoms with van der Waals surface area (Å²) in [7, 11) is 1.32. The maximum atomic E-state index is 16.1. The van der Waals surface area contributed by atoms with Crippen molar-refractivity contribution < 1.29 is 57.4 Å². The quantitative estimate of drug-likeness (QED) is 0.139. The second kappa shape index (κ2) is 14.1. The smallest absolute Gasteiger partial charge is 0.338 e. The highest BCUT2D eigenvalue weighted by atomic mass is 28.4. The SMILES string of the molecule is COc1ccc(CO[C@H]2C(=O)[C@]3(C)[C@@H](O[Si](C)(C)C(C)(C)C)CC[C@@]4(CO4)[C@H]3[C@H](OC(=O)c3ccccc3)[C@]3(O)[C@H](O)C(OC)(OC)C(=O)[C@H]2C3(C)C)cc1. The van der Waals surface area contributed by atoms with E-state index in [1.807, 2.05) is 0 Å². The van der Waals surface area contributed by atoms with Crippen LogP contribution in [0, 0.1) is 22.7 Å². The van der Waals surface area contributed by atoms with E-state index in [0.717, 1.165) is 0 Å². The number of methoxy groups -OCH3 is 3. The van der Waals surface area contributed by atoms with E-state index < -0.39 is 89.9 Å². The maximum Gasteiger partial charge on any atom is 0.338 e. The van der Waals surface area contributed by atoms with Crippen LogP contribution in [0.5, 0.6) is 5.75 Å². The Balaban J connectivity index is 1.63. The number of hydrogen-bond acceptors (Lipinski definition) is 12. The second-order valence-corrected chi connectivity index (χ2v) is 22.8. The molecule has 9 atom stereocenters. The topological polar surface area (TPSA) is 160 Å². The van der Waals surface area contributed by atoms with E-state index in [4.69, 9.17) is 32.8 Å². The number of benzene rings is 2. The molecule has 3 aliphatic carbocycles. The number of hydrogen-bond donors (Lipinski definition) is 2. The van der Waals surface area contributed by atoms with Crippen LogP contribution in [0.1, 0.15) is 70.3 Å². The summed E-state index contributed by atoms with van der Waals surface area (Å²) in [5, 5.41) is 26.0. The number of Topliss-reactive ketones (excluding diaryl/α,β-unsaturated/α-hetero) is 2. The molecule has 0 radical (unpaired) electrons. The Labute approximate surface area is 325 Å². The minimum atomic E-state index is -2.62. The lowest BCUT2D eigenvalue weighted by Gasteiger charge is -2.66. The van der Waals surface area contributed by atoms with Crippen molar-refractivity contribution >= 4 is 25.9 Å². The van der Waals surface area contributed by atoms with E-state index in [9.17, 15) is 15.0 Å². The Hall–Kier alpha value is -3.01. The van der Waals surface area contributed by atoms with E-state index in [2.05, 4.69) is 33.9 Å². The molecule has 302 valence electrons. The van der Waals surface area contributed by atoms with Gasteiger partial charge in [-0.05, 0) is 67.7 Å². The van der Waals surface area contributed by atoms with Gasteiger partial charge in [0.1, 0.15) is 29.7 Å². The molecule has 0 unspecified atom stereocenters. The summed E-state index contributed by atoms with van der Waals surface area (Å²) in [5.74, 6) is -6.46. The van der Waals surface area contributed by atoms with Gasteiger partial charge in [-0.3, -0.25) is 9.59 Å². The van der Waals surface area contributed by atoms with Gasteiger partial charge in [-0.2, -0.15) is 0 Å². The number of aliphatic hydroxyl groups excluding tert-OH is 1. The van der Waals surface area contributed by atoms with Crippen molar-refractivity contribution in [2.45, 2.75) is 121 Å². The van der Waals surface area contributed by atoms with Crippen LogP contribution in [0.4, 0.5) is 0 Å². The number of epoxide rings is 1. The van der Waals surface area contributed by atoms with Crippen LogP contribution >= 0.6 is 0 Å². The van der Waals surface area contributed by atoms with Gasteiger partial charge < -0.3 is 43.1 Å². The predicted molar refractivity (Wildman–Crippen MR) is 204 cm³/mol. The molecule has 55 heavy (non-hydrogen) atoms. The molecule has 2 aromatic carbocycles. The molecule has 2 bridgehead atoms. The van der Waals surface area contributed by atoms with Gasteiger partial charge in [-0.1, -0.05) is 65.0 Å². The van der Waals surface area contributed by atoms with Gasteiger partial charge in [0.25, 0.3) is 5.79 Å². The number of fused-ring (bicyclic) bond motifs is 4. The van der Waals surface area contributed by atoms with Gasteiger partial charge >= 0.3 is 5.97 Å². The summed E-state index contributed by atoms with van der Waals surface area (Å²) >= 11 is 0. The number of ketones is 2. The van der Waals surface area contributed by atoms with Crippen LogP contribution in [0.15, 0.2) is 54.6 Å². The number of carbonyl (C=O) groups excluding carboxylic acids is 3. The molecular formula is C42H58O12Si. The van der Waals surface area contributed by atoms with Crippen molar-refractivity contribution in [3.63, 3.8) is 0 Å². The minimum Gasteiger partial charge on any atom is -0.497 e. The Kier molecular flexibility index (Phi) is 10.7. The van der Waals surface area contributed by atoms with Crippen molar-refractivity contribution in [1.29, 1.82) is 0 Å². The predicted octanol–water partition coefficient (Wildman–Crippen LogP) is 5.27. The molecule has 1 spiro atoms. The second-order valence-electron chi connectivity index (χ2n) is 18.0. The maximum absolute atomic E-state index is 16.1. The molecule has 2 aromatic rings. The zero-order valence-electron chi connectivity index (χ0n) is 34.0. The molecule has 0 aromatic heterocycles. The number of rotatable bonds is 10. The standard InChI is InChI=1S/C42H58O12Si/c1-37(2,3)55(10,11)54-28-21-22-40(24-52-40)31-34(53-35(45)26-15-13-12-14-16-26)41(47)36(46)42(49-8,50-9)32(43)29(38(41,4)5)30(33(44)39(28,31)6)51-23-25-17-19-27(48-7)20-18-25/h12-20,28-31,34,36,46-47H,21-24H2,1-11H3/t28-,29-,30+,31-,34-,36-,39+,40+,41-/m0/s1. The van der Waals surface area contributed by atoms with E-state index in [1.165, 1.54) is 14.2 Å². The fourth-order valence-corrected chi connectivity index (χ4v) is 10.9. The van der Waals surface area contributed by atoms with Crippen LogP contribution in [0.2, 0.25) is 18.1 Å². The first-order chi connectivity index (χ1) is 25.6. The molecule has 12 nitrogen and oxygen atoms in total. The van der Waals surface area contributed by atoms with Gasteiger partial charge in [0, 0.05) is 25.6 Å². The minimum absolute atomic E-state index is 0.0865. The first kappa shape index (κ1) is 41.6. The average molecular weight is 783 g/mol. The molecule has 1 heterocycles. The average Bonchev–Trinajstić information content (AvgIpc) is 3.92. The van der Waals surface area contributed by atoms with E-state index in [-0.39, 0.29) is 23.8 Å². The zero-order chi connectivity index (χ0) is 40.6. The molecule has 3 saturated carbocycles. The number of aliphatic hydroxyl groups is 2. The molecule has 6 rings (SSSR count). The van der Waals surface area contributed by atoms with Gasteiger partial charge in [0.05, 0.1) is 48.9 Å². The lowest BCUT2D eigenvalue weighted by molar-refractivity contribution is -0.352. The zero-order valence-corrected chi connectivity index (χ0v) is 35.0. The third kappa shape index (κ3) is 6.24. The lowest BCUT2D eigenvalue weighted by Crippen LogP contribution is -2.84. The van der Waals surface area contributed by atoms with Gasteiger partial charge in [0.2, 0.25) is 5.78 Å². The normalized spacial score (nSPS) is 35.4. The number of carbonyl (C=O) groups is 3. The summed E-state index contributed by atoms with van der Waals surface area (Å²) in [4.78, 5) is 45.4. The number of ether oxygens (including phenoxy) is 6. The van der Waals surface area contributed by atoms with E-state index >= 15 is 9.59 Å². The first-order valence-electron chi connectivity index (χ1n) is 19.0. The van der Waals surface area contributed by atoms with Crippen LogP contribution in [0.25, 0.3) is 0 Å². The van der Waals surface area contributed by atoms with Crippen molar-refractivity contribution in [2.75, 3.05) is 27.9 Å². The largest absolute Gasteiger partial charge is 0.497 e. The summed E-state index contributed by atoms with van der Waals surface area (Å²) in [6, 6.07) is 15.4. The highest BCUT2D eigenvalue weighted by Gasteiger charge is 2.82. The molecule has 2 N–H and O–H groups in total. The monoisotopic (exact) mass is 782 g/mol. The summed E-state index contributed by atoms with van der Waals surface area (Å²) in [5.41, 5.74) is -5.96. The molecule has 1 aliphatic heterocycles. The van der Waals surface area contributed by atoms with E-state index in [1.54, 1.807) is 82.5 Å². The van der Waals surface area contributed by atoms with E-state index in [0.29, 0.717) is 24.2 Å². The number of esters is 1. The van der Waals surface area contributed by atoms with Crippen molar-refractivity contribution in [2.24, 2.45) is 22.7 Å². The molecular weight excluding hydrogens is 725 g/mol. The van der Waals surface area contributed by atoms with Crippen LogP contribution in [-0.4, -0.2) is 105 Å². The molecule has 4 aliphatic rings. The fourth-order valence-electron chi connectivity index (χ4n) is 9.43. The summed E-state index contributed by atoms with van der Waals surface area (Å²) in [6.07, 6.45) is -5.19. The van der Waals surface area contributed by atoms with Crippen LogP contribution < -0.4 is 4.74 Å². The lowest BCUT2D eigenvalue weighted by atomic mass is 9.43. The highest BCUT2D eigenvalue weighted by Crippen LogP contribution is 2.66. The van der Waals surface area contributed by atoms with Crippen molar-refractivity contribution in [3.05, 3.63) is 65.7 Å². The first-order valence-corrected chi connectivity index (χ1v) is 22.0. The molecule has 1 saturated heterocycles. The Morgan fingerprint density at radius 3 is 2.07 bits per heavy atom. The Morgan fingerprint density at radius 1 is 0.945 bits per heavy atom. The van der Waals surface area contributed by atoms with Gasteiger partial charge in [-0.25, -0.2) is 4.79 Å². The van der Waals surface area contributed by atoms with Crippen LogP contribution in [-0.2, 0) is 44.3 Å². The highest BCUT2D eigenvalue weighted by molar-refractivity contribution is 6.74. The molecule has 0 amide bonds. The Bertz CT molecular complexity index is 1760. The van der Waals surface area contributed by atoms with Gasteiger partial charge in [0.15, 0.2) is 14.1 Å². The molecule has 13 heteroatoms. The summed E-state index contributed by atoms with van der Waals surface area (Å²) < 4.78 is 43.5.